The molecule has 2 nitrogen and oxygen atoms in total. The van der Waals surface area contributed by atoms with Crippen molar-refractivity contribution in [3.05, 3.63) is 0 Å². The molecule has 0 saturated carbocycles. The Morgan fingerprint density at radius 3 is 2.91 bits per heavy atom. The largest absolute Gasteiger partial charge is 0.378 e. The van der Waals surface area contributed by atoms with Crippen molar-refractivity contribution in [2.75, 3.05) is 6.61 Å². The standard InChI is InChI=1S/C9H19NO/c1-3-9(10)8-4-5-11-7(2)6-8/h7-9H,3-6,10H2,1-2H3. The molecule has 0 aromatic heterocycles. The molecule has 66 valence electrons. The molecule has 0 aromatic carbocycles. The molecule has 0 aromatic rings. The van der Waals surface area contributed by atoms with Crippen LogP contribution in [0, 0.1) is 5.92 Å². The highest BCUT2D eigenvalue weighted by Gasteiger charge is 2.23. The third-order valence-electron chi connectivity index (χ3n) is 2.60. The van der Waals surface area contributed by atoms with Crippen molar-refractivity contribution in [1.82, 2.24) is 0 Å². The van der Waals surface area contributed by atoms with Crippen LogP contribution < -0.4 is 5.73 Å². The maximum atomic E-state index is 5.95. The van der Waals surface area contributed by atoms with Gasteiger partial charge in [0.15, 0.2) is 0 Å². The number of hydrogen-bond donors (Lipinski definition) is 1. The lowest BCUT2D eigenvalue weighted by atomic mass is 9.88. The van der Waals surface area contributed by atoms with E-state index in [2.05, 4.69) is 13.8 Å². The van der Waals surface area contributed by atoms with Crippen molar-refractivity contribution in [2.24, 2.45) is 11.7 Å². The molecule has 0 radical (unpaired) electrons. The summed E-state index contributed by atoms with van der Waals surface area (Å²) in [6.45, 7) is 5.19. The fourth-order valence-corrected chi connectivity index (χ4v) is 1.76. The Bertz CT molecular complexity index is 116. The van der Waals surface area contributed by atoms with Crippen molar-refractivity contribution in [1.29, 1.82) is 0 Å². The fourth-order valence-electron chi connectivity index (χ4n) is 1.76. The van der Waals surface area contributed by atoms with Crippen LogP contribution in [0.3, 0.4) is 0 Å². The molecule has 1 rings (SSSR count). The van der Waals surface area contributed by atoms with Gasteiger partial charge in [0.05, 0.1) is 6.10 Å². The van der Waals surface area contributed by atoms with Gasteiger partial charge in [-0.3, -0.25) is 0 Å². The van der Waals surface area contributed by atoms with Crippen molar-refractivity contribution in [3.8, 4) is 0 Å². The van der Waals surface area contributed by atoms with Crippen LogP contribution in [0.2, 0.25) is 0 Å². The zero-order valence-corrected chi connectivity index (χ0v) is 7.55. The van der Waals surface area contributed by atoms with Crippen molar-refractivity contribution in [3.63, 3.8) is 0 Å². The van der Waals surface area contributed by atoms with Crippen LogP contribution in [-0.4, -0.2) is 18.8 Å². The first kappa shape index (κ1) is 9.01. The molecule has 2 N–H and O–H groups in total. The summed E-state index contributed by atoms with van der Waals surface area (Å²) in [6, 6.07) is 0.390. The second-order valence-corrected chi connectivity index (χ2v) is 3.54. The summed E-state index contributed by atoms with van der Waals surface area (Å²) in [7, 11) is 0. The zero-order chi connectivity index (χ0) is 8.27. The van der Waals surface area contributed by atoms with Gasteiger partial charge < -0.3 is 10.5 Å². The van der Waals surface area contributed by atoms with E-state index in [0.29, 0.717) is 18.1 Å². The monoisotopic (exact) mass is 157 g/mol. The average Bonchev–Trinajstić information content (AvgIpc) is 2.03. The number of ether oxygens (including phenoxy) is 1. The van der Waals surface area contributed by atoms with Crippen molar-refractivity contribution >= 4 is 0 Å². The molecule has 1 aliphatic heterocycles. The molecule has 1 aliphatic rings. The molecular weight excluding hydrogens is 138 g/mol. The highest BCUT2D eigenvalue weighted by atomic mass is 16.5. The lowest BCUT2D eigenvalue weighted by Gasteiger charge is -2.30. The van der Waals surface area contributed by atoms with Gasteiger partial charge >= 0.3 is 0 Å². The van der Waals surface area contributed by atoms with E-state index in [1.165, 1.54) is 0 Å². The molecule has 0 aliphatic carbocycles. The minimum atomic E-state index is 0.390. The van der Waals surface area contributed by atoms with Gasteiger partial charge in [0.1, 0.15) is 0 Å². The Kier molecular flexibility index (Phi) is 3.34. The van der Waals surface area contributed by atoms with Crippen LogP contribution in [0.4, 0.5) is 0 Å². The summed E-state index contributed by atoms with van der Waals surface area (Å²) >= 11 is 0. The van der Waals surface area contributed by atoms with Crippen LogP contribution in [0.1, 0.15) is 33.1 Å². The van der Waals surface area contributed by atoms with Gasteiger partial charge in [-0.25, -0.2) is 0 Å². The lowest BCUT2D eigenvalue weighted by Crippen LogP contribution is -2.36. The van der Waals surface area contributed by atoms with E-state index in [4.69, 9.17) is 10.5 Å². The molecular formula is C9H19NO. The second kappa shape index (κ2) is 4.07. The topological polar surface area (TPSA) is 35.2 Å². The molecule has 3 unspecified atom stereocenters. The SMILES string of the molecule is CCC(N)C1CCOC(C)C1. The predicted octanol–water partition coefficient (Wildman–Crippen LogP) is 1.54. The molecule has 11 heavy (non-hydrogen) atoms. The van der Waals surface area contributed by atoms with Gasteiger partial charge in [-0.1, -0.05) is 6.92 Å². The Labute approximate surface area is 69.1 Å². The predicted molar refractivity (Wildman–Crippen MR) is 46.4 cm³/mol. The van der Waals surface area contributed by atoms with E-state index in [-0.39, 0.29) is 0 Å². The molecule has 0 spiro atoms. The lowest BCUT2D eigenvalue weighted by molar-refractivity contribution is -0.00336. The summed E-state index contributed by atoms with van der Waals surface area (Å²) < 4.78 is 5.45. The Morgan fingerprint density at radius 1 is 1.64 bits per heavy atom. The Hall–Kier alpha value is -0.0800. The number of rotatable bonds is 2. The van der Waals surface area contributed by atoms with E-state index in [1.54, 1.807) is 0 Å². The quantitative estimate of drug-likeness (QED) is 0.660. The Morgan fingerprint density at radius 2 is 2.36 bits per heavy atom. The summed E-state index contributed by atoms with van der Waals surface area (Å²) in [4.78, 5) is 0. The first-order valence-electron chi connectivity index (χ1n) is 4.61. The van der Waals surface area contributed by atoms with E-state index < -0.39 is 0 Å². The fraction of sp³-hybridized carbons (Fsp3) is 1.00. The summed E-state index contributed by atoms with van der Waals surface area (Å²) in [5, 5.41) is 0. The van der Waals surface area contributed by atoms with Gasteiger partial charge in [0.2, 0.25) is 0 Å². The van der Waals surface area contributed by atoms with Gasteiger partial charge in [-0.15, -0.1) is 0 Å². The zero-order valence-electron chi connectivity index (χ0n) is 7.55. The van der Waals surface area contributed by atoms with Crippen LogP contribution in [0.5, 0.6) is 0 Å². The van der Waals surface area contributed by atoms with Gasteiger partial charge in [-0.05, 0) is 32.1 Å². The number of nitrogens with two attached hydrogens (primary N) is 1. The van der Waals surface area contributed by atoms with Crippen molar-refractivity contribution < 1.29 is 4.74 Å². The molecule has 0 bridgehead atoms. The molecule has 0 amide bonds. The smallest absolute Gasteiger partial charge is 0.0550 e. The minimum Gasteiger partial charge on any atom is -0.378 e. The first-order valence-corrected chi connectivity index (χ1v) is 4.61. The normalized spacial score (nSPS) is 35.2. The molecule has 1 heterocycles. The average molecular weight is 157 g/mol. The molecule has 3 atom stereocenters. The molecule has 1 fully saturated rings. The number of hydrogen-bond acceptors (Lipinski definition) is 2. The highest BCUT2D eigenvalue weighted by Crippen LogP contribution is 2.23. The highest BCUT2D eigenvalue weighted by molar-refractivity contribution is 4.76. The molecule has 2 heteroatoms. The third-order valence-corrected chi connectivity index (χ3v) is 2.60. The molecule has 1 saturated heterocycles. The maximum Gasteiger partial charge on any atom is 0.0550 e. The Balaban J connectivity index is 2.33. The van der Waals surface area contributed by atoms with E-state index >= 15 is 0 Å². The van der Waals surface area contributed by atoms with Crippen LogP contribution in [-0.2, 0) is 4.74 Å². The third kappa shape index (κ3) is 2.46. The summed E-state index contributed by atoms with van der Waals surface area (Å²) in [5.41, 5.74) is 5.95. The van der Waals surface area contributed by atoms with Crippen LogP contribution >= 0.6 is 0 Å². The van der Waals surface area contributed by atoms with Crippen molar-refractivity contribution in [2.45, 2.75) is 45.3 Å². The second-order valence-electron chi connectivity index (χ2n) is 3.54. The van der Waals surface area contributed by atoms with E-state index in [9.17, 15) is 0 Å². The summed E-state index contributed by atoms with van der Waals surface area (Å²) in [6.07, 6.45) is 3.82. The van der Waals surface area contributed by atoms with Gasteiger partial charge in [0.25, 0.3) is 0 Å². The van der Waals surface area contributed by atoms with Gasteiger partial charge in [0, 0.05) is 12.6 Å². The van der Waals surface area contributed by atoms with E-state index in [0.717, 1.165) is 25.9 Å². The summed E-state index contributed by atoms with van der Waals surface area (Å²) in [5.74, 6) is 0.698. The maximum absolute atomic E-state index is 5.95. The minimum absolute atomic E-state index is 0.390. The first-order chi connectivity index (χ1) is 5.24. The van der Waals surface area contributed by atoms with Crippen LogP contribution in [0.15, 0.2) is 0 Å². The van der Waals surface area contributed by atoms with E-state index in [1.807, 2.05) is 0 Å². The van der Waals surface area contributed by atoms with Gasteiger partial charge in [-0.2, -0.15) is 0 Å². The van der Waals surface area contributed by atoms with Crippen LogP contribution in [0.25, 0.3) is 0 Å².